The molecule has 1 aliphatic heterocycles. The first-order valence-electron chi connectivity index (χ1n) is 9.49. The molecule has 1 heterocycles. The SMILES string of the molecule is CC(C)N(Cc1ccccc1)C(=O)CCS(=O)(=O)c1cc2c(cc1Cl)NC(=O)CO2. The van der Waals surface area contributed by atoms with Crippen LogP contribution in [0.1, 0.15) is 25.8 Å². The highest BCUT2D eigenvalue weighted by molar-refractivity contribution is 7.91. The minimum Gasteiger partial charge on any atom is -0.482 e. The first-order chi connectivity index (χ1) is 14.2. The molecule has 0 saturated carbocycles. The van der Waals surface area contributed by atoms with E-state index < -0.39 is 9.84 Å². The molecule has 2 aromatic rings. The zero-order valence-corrected chi connectivity index (χ0v) is 18.3. The number of benzene rings is 2. The molecule has 0 saturated heterocycles. The van der Waals surface area contributed by atoms with Crippen LogP contribution in [0.4, 0.5) is 5.69 Å². The number of sulfone groups is 1. The van der Waals surface area contributed by atoms with Crippen LogP contribution in [-0.4, -0.2) is 43.5 Å². The van der Waals surface area contributed by atoms with Crippen molar-refractivity contribution in [3.63, 3.8) is 0 Å². The molecule has 7 nitrogen and oxygen atoms in total. The maximum atomic E-state index is 12.9. The van der Waals surface area contributed by atoms with Crippen molar-refractivity contribution in [2.24, 2.45) is 0 Å². The van der Waals surface area contributed by atoms with Crippen LogP contribution in [0.5, 0.6) is 5.75 Å². The summed E-state index contributed by atoms with van der Waals surface area (Å²) < 4.78 is 31.0. The van der Waals surface area contributed by atoms with Crippen molar-refractivity contribution in [1.82, 2.24) is 4.90 Å². The Morgan fingerprint density at radius 2 is 1.93 bits per heavy atom. The second-order valence-corrected chi connectivity index (χ2v) is 9.77. The summed E-state index contributed by atoms with van der Waals surface area (Å²) in [7, 11) is -3.84. The van der Waals surface area contributed by atoms with Crippen molar-refractivity contribution >= 4 is 38.9 Å². The molecule has 160 valence electrons. The Morgan fingerprint density at radius 3 is 2.60 bits per heavy atom. The van der Waals surface area contributed by atoms with Gasteiger partial charge in [0, 0.05) is 25.1 Å². The molecule has 0 aliphatic carbocycles. The predicted octanol–water partition coefficient (Wildman–Crippen LogP) is 3.27. The summed E-state index contributed by atoms with van der Waals surface area (Å²) in [4.78, 5) is 25.7. The number of hydrogen-bond donors (Lipinski definition) is 1. The molecule has 0 radical (unpaired) electrons. The van der Waals surface area contributed by atoms with Crippen molar-refractivity contribution in [3.05, 3.63) is 53.1 Å². The number of nitrogens with one attached hydrogen (secondary N) is 1. The fourth-order valence-corrected chi connectivity index (χ4v) is 4.96. The summed E-state index contributed by atoms with van der Waals surface area (Å²) in [5, 5.41) is 2.55. The Kier molecular flexibility index (Phi) is 6.67. The summed E-state index contributed by atoms with van der Waals surface area (Å²) in [5.74, 6) is -0.742. The monoisotopic (exact) mass is 450 g/mol. The quantitative estimate of drug-likeness (QED) is 0.698. The van der Waals surface area contributed by atoms with Crippen LogP contribution in [0, 0.1) is 0 Å². The second-order valence-electron chi connectivity index (χ2n) is 7.29. The van der Waals surface area contributed by atoms with Gasteiger partial charge in [0.2, 0.25) is 5.91 Å². The highest BCUT2D eigenvalue weighted by atomic mass is 35.5. The third-order valence-corrected chi connectivity index (χ3v) is 6.90. The zero-order chi connectivity index (χ0) is 21.9. The summed E-state index contributed by atoms with van der Waals surface area (Å²) in [6, 6.07) is 12.1. The van der Waals surface area contributed by atoms with Crippen LogP contribution >= 0.6 is 11.6 Å². The minimum absolute atomic E-state index is 0.0306. The average molecular weight is 451 g/mol. The van der Waals surface area contributed by atoms with E-state index in [0.717, 1.165) is 5.56 Å². The predicted molar refractivity (Wildman–Crippen MR) is 114 cm³/mol. The molecular formula is C21H23ClN2O5S. The highest BCUT2D eigenvalue weighted by Crippen LogP contribution is 2.36. The van der Waals surface area contributed by atoms with Gasteiger partial charge in [0.1, 0.15) is 5.75 Å². The average Bonchev–Trinajstić information content (AvgIpc) is 2.70. The van der Waals surface area contributed by atoms with Crippen molar-refractivity contribution in [2.45, 2.75) is 37.8 Å². The van der Waals surface area contributed by atoms with Crippen LogP contribution < -0.4 is 10.1 Å². The van der Waals surface area contributed by atoms with Gasteiger partial charge in [-0.2, -0.15) is 0 Å². The number of fused-ring (bicyclic) bond motifs is 1. The van der Waals surface area contributed by atoms with E-state index in [1.165, 1.54) is 12.1 Å². The Bertz CT molecular complexity index is 1050. The smallest absolute Gasteiger partial charge is 0.262 e. The van der Waals surface area contributed by atoms with Crippen molar-refractivity contribution in [2.75, 3.05) is 17.7 Å². The molecule has 0 spiro atoms. The van der Waals surface area contributed by atoms with Gasteiger partial charge < -0.3 is 15.0 Å². The van der Waals surface area contributed by atoms with Crippen molar-refractivity contribution in [3.8, 4) is 5.75 Å². The number of rotatable bonds is 7. The van der Waals surface area contributed by atoms with Crippen molar-refractivity contribution < 1.29 is 22.7 Å². The zero-order valence-electron chi connectivity index (χ0n) is 16.7. The van der Waals surface area contributed by atoms with Gasteiger partial charge in [-0.15, -0.1) is 0 Å². The third kappa shape index (κ3) is 5.12. The molecule has 9 heteroatoms. The summed E-state index contributed by atoms with van der Waals surface area (Å²) in [6.07, 6.45) is -0.168. The standard InChI is InChI=1S/C21H23ClN2O5S/c1-14(2)24(12-15-6-4-3-5-7-15)21(26)8-9-30(27,28)19-11-18-17(10-16(19)22)23-20(25)13-29-18/h3-7,10-11,14H,8-9,12-13H2,1-2H3,(H,23,25). The number of amides is 2. The Hall–Kier alpha value is -2.58. The Morgan fingerprint density at radius 1 is 1.23 bits per heavy atom. The lowest BCUT2D eigenvalue weighted by atomic mass is 10.2. The summed E-state index contributed by atoms with van der Waals surface area (Å²) >= 11 is 6.15. The van der Waals surface area contributed by atoms with Gasteiger partial charge in [-0.05, 0) is 25.5 Å². The fraction of sp³-hybridized carbons (Fsp3) is 0.333. The molecular weight excluding hydrogens is 428 g/mol. The molecule has 30 heavy (non-hydrogen) atoms. The first kappa shape index (κ1) is 22.1. The van der Waals surface area contributed by atoms with Crippen LogP contribution in [0.15, 0.2) is 47.4 Å². The van der Waals surface area contributed by atoms with Gasteiger partial charge >= 0.3 is 0 Å². The third-order valence-electron chi connectivity index (χ3n) is 4.73. The highest BCUT2D eigenvalue weighted by Gasteiger charge is 2.26. The normalized spacial score (nSPS) is 13.4. The number of halogens is 1. The van der Waals surface area contributed by atoms with Crippen LogP contribution in [0.2, 0.25) is 5.02 Å². The lowest BCUT2D eigenvalue weighted by molar-refractivity contribution is -0.133. The molecule has 2 amide bonds. The largest absolute Gasteiger partial charge is 0.482 e. The Balaban J connectivity index is 1.73. The maximum Gasteiger partial charge on any atom is 0.262 e. The van der Waals surface area contributed by atoms with E-state index in [4.69, 9.17) is 16.3 Å². The molecule has 1 aliphatic rings. The van der Waals surface area contributed by atoms with Crippen LogP contribution in [0.3, 0.4) is 0 Å². The topological polar surface area (TPSA) is 92.8 Å². The number of carbonyl (C=O) groups is 2. The summed E-state index contributed by atoms with van der Waals surface area (Å²) in [6.45, 7) is 3.99. The molecule has 0 unspecified atom stereocenters. The van der Waals surface area contributed by atoms with E-state index >= 15 is 0 Å². The molecule has 0 bridgehead atoms. The fourth-order valence-electron chi connectivity index (χ4n) is 3.13. The van der Waals surface area contributed by atoms with E-state index in [-0.39, 0.29) is 52.3 Å². The molecule has 3 rings (SSSR count). The first-order valence-corrected chi connectivity index (χ1v) is 11.5. The molecule has 0 atom stereocenters. The van der Waals surface area contributed by atoms with Gasteiger partial charge in [0.15, 0.2) is 16.4 Å². The molecule has 0 fully saturated rings. The Labute approximate surface area is 180 Å². The maximum absolute atomic E-state index is 12.9. The lowest BCUT2D eigenvalue weighted by Gasteiger charge is -2.27. The van der Waals surface area contributed by atoms with Crippen LogP contribution in [0.25, 0.3) is 0 Å². The van der Waals surface area contributed by atoms with E-state index in [2.05, 4.69) is 5.32 Å². The van der Waals surface area contributed by atoms with Crippen molar-refractivity contribution in [1.29, 1.82) is 0 Å². The van der Waals surface area contributed by atoms with Crippen LogP contribution in [-0.2, 0) is 26.0 Å². The van der Waals surface area contributed by atoms with Gasteiger partial charge in [-0.3, -0.25) is 9.59 Å². The second kappa shape index (κ2) is 9.06. The van der Waals surface area contributed by atoms with E-state index in [1.54, 1.807) is 4.90 Å². The minimum atomic E-state index is -3.84. The van der Waals surface area contributed by atoms with Gasteiger partial charge in [0.05, 0.1) is 21.4 Å². The molecule has 1 N–H and O–H groups in total. The van der Waals surface area contributed by atoms with E-state index in [0.29, 0.717) is 12.2 Å². The number of nitrogens with zero attached hydrogens (tertiary/aromatic N) is 1. The molecule has 2 aromatic carbocycles. The number of anilines is 1. The van der Waals surface area contributed by atoms with Gasteiger partial charge in [0.25, 0.3) is 5.91 Å². The number of carbonyl (C=O) groups excluding carboxylic acids is 2. The van der Waals surface area contributed by atoms with E-state index in [1.807, 2.05) is 44.2 Å². The van der Waals surface area contributed by atoms with Gasteiger partial charge in [-0.1, -0.05) is 41.9 Å². The lowest BCUT2D eigenvalue weighted by Crippen LogP contribution is -2.37. The number of ether oxygens (including phenoxy) is 1. The number of hydrogen-bond acceptors (Lipinski definition) is 5. The van der Waals surface area contributed by atoms with E-state index in [9.17, 15) is 18.0 Å². The van der Waals surface area contributed by atoms with Gasteiger partial charge in [-0.25, -0.2) is 8.42 Å². The summed E-state index contributed by atoms with van der Waals surface area (Å²) in [5.41, 5.74) is 1.29. The molecule has 0 aromatic heterocycles.